The number of rotatable bonds is 4. The number of carbonyl (C=O) groups is 1. The van der Waals surface area contributed by atoms with Crippen LogP contribution in [0.15, 0.2) is 24.3 Å². The van der Waals surface area contributed by atoms with E-state index in [4.69, 9.17) is 0 Å². The third-order valence-corrected chi connectivity index (χ3v) is 4.77. The molecule has 0 bridgehead atoms. The molecule has 1 heterocycles. The molecule has 1 aromatic rings. The summed E-state index contributed by atoms with van der Waals surface area (Å²) in [6.45, 7) is 7.83. The van der Waals surface area contributed by atoms with Crippen molar-refractivity contribution in [1.29, 1.82) is 0 Å². The Hall–Kier alpha value is -1.32. The summed E-state index contributed by atoms with van der Waals surface area (Å²) in [4.78, 5) is 16.2. The molecule has 0 aromatic heterocycles. The van der Waals surface area contributed by atoms with Crippen LogP contribution in [0.4, 0.5) is 0 Å². The summed E-state index contributed by atoms with van der Waals surface area (Å²) in [5, 5.41) is 0. The summed E-state index contributed by atoms with van der Waals surface area (Å²) in [7, 11) is 0. The molecule has 2 aliphatic rings. The molecule has 22 heavy (non-hydrogen) atoms. The Kier molecular flexibility index (Phi) is 5.65. The van der Waals surface area contributed by atoms with Crippen LogP contribution < -0.4 is 0 Å². The van der Waals surface area contributed by atoms with E-state index >= 15 is 0 Å². The lowest BCUT2D eigenvalue weighted by Gasteiger charge is -2.38. The van der Waals surface area contributed by atoms with Crippen LogP contribution in [-0.2, 0) is 4.79 Å². The second-order valence-electron chi connectivity index (χ2n) is 6.07. The van der Waals surface area contributed by atoms with Gasteiger partial charge in [-0.15, -0.1) is 12.4 Å². The molecule has 0 unspecified atom stereocenters. The van der Waals surface area contributed by atoms with Gasteiger partial charge in [0.15, 0.2) is 0 Å². The molecule has 1 saturated heterocycles. The Labute approximate surface area is 139 Å². The van der Waals surface area contributed by atoms with Crippen LogP contribution in [0, 0.1) is 0 Å². The van der Waals surface area contributed by atoms with Crippen LogP contribution >= 0.6 is 12.4 Å². The van der Waals surface area contributed by atoms with Crippen molar-refractivity contribution in [3.05, 3.63) is 35.4 Å². The summed E-state index contributed by atoms with van der Waals surface area (Å²) in [5.41, 5.74) is 4.25. The normalized spacial score (nSPS) is 17.8. The zero-order valence-corrected chi connectivity index (χ0v) is 14.2. The van der Waals surface area contributed by atoms with E-state index in [-0.39, 0.29) is 18.3 Å². The van der Waals surface area contributed by atoms with Crippen LogP contribution in [0.25, 0.3) is 11.6 Å². The average Bonchev–Trinajstić information content (AvgIpc) is 2.47. The van der Waals surface area contributed by atoms with E-state index in [2.05, 4.69) is 42.2 Å². The first-order valence-corrected chi connectivity index (χ1v) is 7.98. The van der Waals surface area contributed by atoms with Gasteiger partial charge in [0, 0.05) is 39.1 Å². The fourth-order valence-electron chi connectivity index (χ4n) is 3.60. The van der Waals surface area contributed by atoms with Crippen LogP contribution in [0.2, 0.25) is 0 Å². The molecule has 120 valence electrons. The van der Waals surface area contributed by atoms with Crippen molar-refractivity contribution in [3.63, 3.8) is 0 Å². The molecule has 0 spiro atoms. The van der Waals surface area contributed by atoms with Crippen molar-refractivity contribution in [3.8, 4) is 0 Å². The monoisotopic (exact) mass is 320 g/mol. The molecule has 3 rings (SSSR count). The van der Waals surface area contributed by atoms with E-state index in [1.165, 1.54) is 16.7 Å². The Bertz CT molecular complexity index is 562. The van der Waals surface area contributed by atoms with Gasteiger partial charge in [-0.05, 0) is 42.5 Å². The number of benzene rings is 1. The lowest BCUT2D eigenvalue weighted by molar-refractivity contribution is -0.131. The topological polar surface area (TPSA) is 23.6 Å². The van der Waals surface area contributed by atoms with E-state index in [0.29, 0.717) is 6.04 Å². The van der Waals surface area contributed by atoms with Crippen molar-refractivity contribution >= 4 is 30.0 Å². The van der Waals surface area contributed by atoms with E-state index < -0.39 is 0 Å². The molecule has 1 aliphatic heterocycles. The van der Waals surface area contributed by atoms with Gasteiger partial charge in [0.2, 0.25) is 5.91 Å². The van der Waals surface area contributed by atoms with Gasteiger partial charge in [0.05, 0.1) is 0 Å². The second-order valence-corrected chi connectivity index (χ2v) is 6.07. The number of hydrogen-bond acceptors (Lipinski definition) is 2. The van der Waals surface area contributed by atoms with Crippen LogP contribution in [-0.4, -0.2) is 47.9 Å². The number of nitrogens with zero attached hydrogens (tertiary/aromatic N) is 2. The lowest BCUT2D eigenvalue weighted by atomic mass is 9.88. The van der Waals surface area contributed by atoms with Gasteiger partial charge in [0.25, 0.3) is 0 Å². The molecule has 0 N–H and O–H groups in total. The summed E-state index contributed by atoms with van der Waals surface area (Å²) < 4.78 is 0. The van der Waals surface area contributed by atoms with Crippen LogP contribution in [0.5, 0.6) is 0 Å². The highest BCUT2D eigenvalue weighted by molar-refractivity contribution is 5.96. The smallest absolute Gasteiger partial charge is 0.219 e. The van der Waals surface area contributed by atoms with Crippen LogP contribution in [0.1, 0.15) is 37.8 Å². The van der Waals surface area contributed by atoms with Crippen LogP contribution in [0.3, 0.4) is 0 Å². The first-order chi connectivity index (χ1) is 10.2. The molecule has 0 radical (unpaired) electrons. The quantitative estimate of drug-likeness (QED) is 0.850. The molecular formula is C18H25ClN2O. The first-order valence-electron chi connectivity index (χ1n) is 7.98. The number of hydrogen-bond donors (Lipinski definition) is 0. The fraction of sp³-hybridized carbons (Fsp3) is 0.500. The summed E-state index contributed by atoms with van der Waals surface area (Å²) in [6.07, 6.45) is 4.50. The highest BCUT2D eigenvalue weighted by Crippen LogP contribution is 2.33. The second kappa shape index (κ2) is 7.30. The largest absolute Gasteiger partial charge is 0.340 e. The number of amides is 1. The Morgan fingerprint density at radius 1 is 1.27 bits per heavy atom. The number of carbonyl (C=O) groups excluding carboxylic acids is 1. The Balaban J connectivity index is 0.00000176. The van der Waals surface area contributed by atoms with E-state index in [1.807, 2.05) is 4.90 Å². The van der Waals surface area contributed by atoms with Gasteiger partial charge in [-0.3, -0.25) is 9.69 Å². The molecule has 1 amide bonds. The molecule has 1 aromatic carbocycles. The minimum atomic E-state index is 0. The third-order valence-electron chi connectivity index (χ3n) is 4.77. The molecule has 3 nitrogen and oxygen atoms in total. The number of piperidine rings is 1. The van der Waals surface area contributed by atoms with Gasteiger partial charge in [0.1, 0.15) is 0 Å². The van der Waals surface area contributed by atoms with E-state index in [1.54, 1.807) is 6.92 Å². The number of likely N-dealkylation sites (tertiary alicyclic amines) is 1. The maximum atomic E-state index is 11.6. The van der Waals surface area contributed by atoms with Gasteiger partial charge < -0.3 is 4.90 Å². The fourth-order valence-corrected chi connectivity index (χ4v) is 3.60. The highest BCUT2D eigenvalue weighted by Gasteiger charge is 2.26. The maximum absolute atomic E-state index is 11.6. The SMILES string of the molecule is CCN(C(C)=O)C1CCN(CC2=Cc3ccccc32)CC1.Cl. The average molecular weight is 321 g/mol. The minimum Gasteiger partial charge on any atom is -0.340 e. The van der Waals surface area contributed by atoms with Gasteiger partial charge in [-0.25, -0.2) is 0 Å². The van der Waals surface area contributed by atoms with Crippen molar-refractivity contribution < 1.29 is 4.79 Å². The zero-order valence-electron chi connectivity index (χ0n) is 13.4. The standard InChI is InChI=1S/C18H24N2O.ClH/c1-3-20(14(2)21)17-8-10-19(11-9-17)13-16-12-15-6-4-5-7-18(15)16;/h4-7,12,17H,3,8-11,13H2,1-2H3;1H. The summed E-state index contributed by atoms with van der Waals surface area (Å²) in [5.74, 6) is 0.214. The molecular weight excluding hydrogens is 296 g/mol. The molecule has 4 heteroatoms. The van der Waals surface area contributed by atoms with Crippen molar-refractivity contribution in [2.45, 2.75) is 32.7 Å². The van der Waals surface area contributed by atoms with Gasteiger partial charge in [-0.1, -0.05) is 24.3 Å². The minimum absolute atomic E-state index is 0. The predicted molar refractivity (Wildman–Crippen MR) is 94.1 cm³/mol. The summed E-state index contributed by atoms with van der Waals surface area (Å²) >= 11 is 0. The summed E-state index contributed by atoms with van der Waals surface area (Å²) in [6, 6.07) is 9.04. The van der Waals surface area contributed by atoms with Crippen molar-refractivity contribution in [1.82, 2.24) is 9.80 Å². The zero-order chi connectivity index (χ0) is 14.8. The van der Waals surface area contributed by atoms with Crippen molar-refractivity contribution in [2.24, 2.45) is 0 Å². The third kappa shape index (κ3) is 3.36. The lowest BCUT2D eigenvalue weighted by Crippen LogP contribution is -2.47. The van der Waals surface area contributed by atoms with Crippen molar-refractivity contribution in [2.75, 3.05) is 26.2 Å². The van der Waals surface area contributed by atoms with E-state index in [0.717, 1.165) is 39.0 Å². The highest BCUT2D eigenvalue weighted by atomic mass is 35.5. The Morgan fingerprint density at radius 2 is 1.95 bits per heavy atom. The first kappa shape index (κ1) is 17.0. The maximum Gasteiger partial charge on any atom is 0.219 e. The molecule has 1 fully saturated rings. The Morgan fingerprint density at radius 3 is 2.55 bits per heavy atom. The predicted octanol–water partition coefficient (Wildman–Crippen LogP) is 3.30. The number of fused-ring (bicyclic) bond motifs is 1. The molecule has 1 aliphatic carbocycles. The van der Waals surface area contributed by atoms with E-state index in [9.17, 15) is 4.79 Å². The van der Waals surface area contributed by atoms with Gasteiger partial charge >= 0.3 is 0 Å². The molecule has 0 atom stereocenters. The molecule has 0 saturated carbocycles. The van der Waals surface area contributed by atoms with Gasteiger partial charge in [-0.2, -0.15) is 0 Å². The number of halogens is 1.